The highest BCUT2D eigenvalue weighted by Crippen LogP contribution is 2.29. The van der Waals surface area contributed by atoms with Gasteiger partial charge in [0.1, 0.15) is 16.6 Å². The number of nitrogens with zero attached hydrogens (tertiary/aromatic N) is 1. The number of halogens is 1. The van der Waals surface area contributed by atoms with Crippen molar-refractivity contribution in [3.63, 3.8) is 0 Å². The van der Waals surface area contributed by atoms with Crippen LogP contribution in [-0.2, 0) is 4.74 Å². The van der Waals surface area contributed by atoms with E-state index in [4.69, 9.17) is 4.74 Å². The molecule has 0 aliphatic carbocycles. The van der Waals surface area contributed by atoms with E-state index in [-0.39, 0.29) is 11.4 Å². The van der Waals surface area contributed by atoms with Gasteiger partial charge in [-0.2, -0.15) is 0 Å². The van der Waals surface area contributed by atoms with E-state index in [9.17, 15) is 14.3 Å². The Morgan fingerprint density at radius 2 is 1.92 bits per heavy atom. The van der Waals surface area contributed by atoms with Crippen molar-refractivity contribution < 1.29 is 19.0 Å². The lowest BCUT2D eigenvalue weighted by Crippen LogP contribution is -2.04. The zero-order valence-electron chi connectivity index (χ0n) is 12.8. The van der Waals surface area contributed by atoms with Gasteiger partial charge in [0.05, 0.1) is 6.61 Å². The first kappa shape index (κ1) is 16.1. The molecule has 24 heavy (non-hydrogen) atoms. The summed E-state index contributed by atoms with van der Waals surface area (Å²) in [6, 6.07) is 11.2. The van der Waals surface area contributed by atoms with Crippen molar-refractivity contribution in [2.45, 2.75) is 6.92 Å². The molecule has 0 aliphatic rings. The Kier molecular flexibility index (Phi) is 4.57. The second-order valence-corrected chi connectivity index (χ2v) is 5.86. The van der Waals surface area contributed by atoms with Gasteiger partial charge in [-0.25, -0.2) is 14.2 Å². The molecule has 0 bridgehead atoms. The number of esters is 1. The van der Waals surface area contributed by atoms with Crippen molar-refractivity contribution in [3.05, 3.63) is 59.4 Å². The zero-order chi connectivity index (χ0) is 17.1. The van der Waals surface area contributed by atoms with Gasteiger partial charge < -0.3 is 9.84 Å². The monoisotopic (exact) mass is 343 g/mol. The first-order valence-electron chi connectivity index (χ1n) is 7.30. The SMILES string of the molecule is CCOC(=O)c1csc(-c2ccc(-c3ccc(O)cc3F)cc2)n1. The molecule has 0 unspecified atom stereocenters. The number of phenols is 1. The minimum atomic E-state index is -0.485. The topological polar surface area (TPSA) is 59.4 Å². The molecule has 6 heteroatoms. The van der Waals surface area contributed by atoms with Crippen LogP contribution >= 0.6 is 11.3 Å². The van der Waals surface area contributed by atoms with E-state index in [1.165, 1.54) is 23.5 Å². The van der Waals surface area contributed by atoms with Crippen LogP contribution in [0.15, 0.2) is 47.8 Å². The Labute approximate surface area is 142 Å². The predicted molar refractivity (Wildman–Crippen MR) is 90.6 cm³/mol. The fraction of sp³-hybridized carbons (Fsp3) is 0.111. The van der Waals surface area contributed by atoms with Gasteiger partial charge in [-0.3, -0.25) is 0 Å². The van der Waals surface area contributed by atoms with Crippen molar-refractivity contribution >= 4 is 17.3 Å². The summed E-state index contributed by atoms with van der Waals surface area (Å²) in [6.45, 7) is 2.05. The first-order chi connectivity index (χ1) is 11.6. The Morgan fingerprint density at radius 1 is 1.21 bits per heavy atom. The van der Waals surface area contributed by atoms with Crippen molar-refractivity contribution in [2.24, 2.45) is 0 Å². The lowest BCUT2D eigenvalue weighted by molar-refractivity contribution is 0.0520. The molecule has 0 saturated heterocycles. The van der Waals surface area contributed by atoms with Gasteiger partial charge >= 0.3 is 5.97 Å². The lowest BCUT2D eigenvalue weighted by Gasteiger charge is -2.05. The van der Waals surface area contributed by atoms with Crippen LogP contribution in [-0.4, -0.2) is 22.7 Å². The number of hydrogen-bond donors (Lipinski definition) is 1. The highest BCUT2D eigenvalue weighted by Gasteiger charge is 2.13. The maximum Gasteiger partial charge on any atom is 0.357 e. The van der Waals surface area contributed by atoms with E-state index in [1.807, 2.05) is 12.1 Å². The highest BCUT2D eigenvalue weighted by atomic mass is 32.1. The summed E-state index contributed by atoms with van der Waals surface area (Å²) in [6.07, 6.45) is 0. The average Bonchev–Trinajstić information content (AvgIpc) is 3.05. The van der Waals surface area contributed by atoms with Crippen LogP contribution in [0.5, 0.6) is 5.75 Å². The van der Waals surface area contributed by atoms with Crippen LogP contribution in [0.2, 0.25) is 0 Å². The third-order valence-corrected chi connectivity index (χ3v) is 4.28. The molecule has 0 saturated carbocycles. The zero-order valence-corrected chi connectivity index (χ0v) is 13.6. The van der Waals surface area contributed by atoms with Crippen LogP contribution in [0.3, 0.4) is 0 Å². The highest BCUT2D eigenvalue weighted by molar-refractivity contribution is 7.13. The number of carbonyl (C=O) groups excluding carboxylic acids is 1. The van der Waals surface area contributed by atoms with E-state index in [0.29, 0.717) is 22.7 Å². The van der Waals surface area contributed by atoms with E-state index >= 15 is 0 Å². The lowest BCUT2D eigenvalue weighted by atomic mass is 10.0. The number of carbonyl (C=O) groups is 1. The normalized spacial score (nSPS) is 10.6. The summed E-state index contributed by atoms with van der Waals surface area (Å²) in [7, 11) is 0. The quantitative estimate of drug-likeness (QED) is 0.709. The molecule has 0 spiro atoms. The van der Waals surface area contributed by atoms with Crippen molar-refractivity contribution in [1.82, 2.24) is 4.98 Å². The minimum absolute atomic E-state index is 0.109. The van der Waals surface area contributed by atoms with Crippen LogP contribution in [0.1, 0.15) is 17.4 Å². The molecule has 4 nitrogen and oxygen atoms in total. The number of rotatable bonds is 4. The number of ether oxygens (including phenoxy) is 1. The molecule has 3 aromatic rings. The van der Waals surface area contributed by atoms with E-state index in [1.54, 1.807) is 24.4 Å². The maximum absolute atomic E-state index is 13.9. The molecule has 0 amide bonds. The van der Waals surface area contributed by atoms with Gasteiger partial charge in [0.2, 0.25) is 0 Å². The summed E-state index contributed by atoms with van der Waals surface area (Å²) < 4.78 is 18.8. The largest absolute Gasteiger partial charge is 0.508 e. The van der Waals surface area contributed by atoms with Crippen molar-refractivity contribution in [3.8, 4) is 27.4 Å². The van der Waals surface area contributed by atoms with E-state index in [2.05, 4.69) is 4.98 Å². The van der Waals surface area contributed by atoms with Crippen LogP contribution < -0.4 is 0 Å². The molecular formula is C18H14FNO3S. The fourth-order valence-electron chi connectivity index (χ4n) is 2.24. The third kappa shape index (κ3) is 3.28. The van der Waals surface area contributed by atoms with Crippen LogP contribution in [0.4, 0.5) is 4.39 Å². The molecule has 2 aromatic carbocycles. The molecule has 3 rings (SSSR count). The molecule has 122 valence electrons. The minimum Gasteiger partial charge on any atom is -0.508 e. The second kappa shape index (κ2) is 6.80. The average molecular weight is 343 g/mol. The van der Waals surface area contributed by atoms with Gasteiger partial charge in [-0.05, 0) is 24.6 Å². The summed E-state index contributed by atoms with van der Waals surface area (Å²) in [5.74, 6) is -1.04. The molecule has 0 aliphatic heterocycles. The molecule has 1 N–H and O–H groups in total. The summed E-state index contributed by atoms with van der Waals surface area (Å²) >= 11 is 1.34. The summed E-state index contributed by atoms with van der Waals surface area (Å²) in [5.41, 5.74) is 2.22. The van der Waals surface area contributed by atoms with Gasteiger partial charge in [0, 0.05) is 22.6 Å². The smallest absolute Gasteiger partial charge is 0.357 e. The molecule has 0 fully saturated rings. The summed E-state index contributed by atoms with van der Waals surface area (Å²) in [4.78, 5) is 15.9. The third-order valence-electron chi connectivity index (χ3n) is 3.38. The Bertz CT molecular complexity index is 874. The predicted octanol–water partition coefficient (Wildman–Crippen LogP) is 4.50. The fourth-order valence-corrected chi connectivity index (χ4v) is 3.03. The van der Waals surface area contributed by atoms with Crippen LogP contribution in [0, 0.1) is 5.82 Å². The Balaban J connectivity index is 1.86. The number of aromatic nitrogens is 1. The maximum atomic E-state index is 13.9. The number of benzene rings is 2. The standard InChI is InChI=1S/C18H14FNO3S/c1-2-23-18(22)16-10-24-17(20-16)12-5-3-11(4-6-12)14-8-7-13(21)9-15(14)19/h3-10,21H,2H2,1H3. The van der Waals surface area contributed by atoms with Crippen LogP contribution in [0.25, 0.3) is 21.7 Å². The van der Waals surface area contributed by atoms with Crippen molar-refractivity contribution in [2.75, 3.05) is 6.61 Å². The van der Waals surface area contributed by atoms with E-state index < -0.39 is 11.8 Å². The number of aromatic hydroxyl groups is 1. The second-order valence-electron chi connectivity index (χ2n) is 5.00. The van der Waals surface area contributed by atoms with Crippen molar-refractivity contribution in [1.29, 1.82) is 0 Å². The van der Waals surface area contributed by atoms with Gasteiger partial charge in [0.25, 0.3) is 0 Å². The van der Waals surface area contributed by atoms with Gasteiger partial charge in [0.15, 0.2) is 5.69 Å². The Hall–Kier alpha value is -2.73. The Morgan fingerprint density at radius 3 is 2.58 bits per heavy atom. The number of thiazole rings is 1. The first-order valence-corrected chi connectivity index (χ1v) is 8.18. The molecule has 0 atom stereocenters. The number of hydrogen-bond acceptors (Lipinski definition) is 5. The molecule has 0 radical (unpaired) electrons. The van der Waals surface area contributed by atoms with Gasteiger partial charge in [-0.15, -0.1) is 11.3 Å². The summed E-state index contributed by atoms with van der Waals surface area (Å²) in [5, 5.41) is 11.6. The molecular weight excluding hydrogens is 329 g/mol. The van der Waals surface area contributed by atoms with E-state index in [0.717, 1.165) is 11.6 Å². The number of phenolic OH excluding ortho intramolecular Hbond substituents is 1. The van der Waals surface area contributed by atoms with Gasteiger partial charge in [-0.1, -0.05) is 24.3 Å². The molecule has 1 heterocycles. The molecule has 1 aromatic heterocycles.